The van der Waals surface area contributed by atoms with E-state index in [9.17, 15) is 23.1 Å². The minimum absolute atomic E-state index is 0.161. The number of aryl methyl sites for hydroxylation is 1. The van der Waals surface area contributed by atoms with E-state index in [2.05, 4.69) is 0 Å². The number of benzene rings is 3. The van der Waals surface area contributed by atoms with Gasteiger partial charge in [0.05, 0.1) is 11.1 Å². The van der Waals surface area contributed by atoms with Gasteiger partial charge in [0.1, 0.15) is 12.4 Å². The van der Waals surface area contributed by atoms with Crippen LogP contribution in [0.15, 0.2) is 66.7 Å². The number of alkyl halides is 3. The summed E-state index contributed by atoms with van der Waals surface area (Å²) in [7, 11) is 0. The van der Waals surface area contributed by atoms with Crippen LogP contribution in [0.4, 0.5) is 13.2 Å². The molecule has 0 radical (unpaired) electrons. The van der Waals surface area contributed by atoms with Gasteiger partial charge in [0.2, 0.25) is 0 Å². The van der Waals surface area contributed by atoms with Crippen molar-refractivity contribution in [1.29, 1.82) is 0 Å². The van der Waals surface area contributed by atoms with Crippen LogP contribution in [0.3, 0.4) is 0 Å². The van der Waals surface area contributed by atoms with Gasteiger partial charge in [-0.05, 0) is 84.4 Å². The summed E-state index contributed by atoms with van der Waals surface area (Å²) in [6.07, 6.45) is -2.46. The first-order valence-electron chi connectivity index (χ1n) is 10.7. The second-order valence-electron chi connectivity index (χ2n) is 8.19. The summed E-state index contributed by atoms with van der Waals surface area (Å²) < 4.78 is 46.6. The molecule has 1 N–H and O–H groups in total. The number of carbonyl (C=O) groups is 1. The Labute approximate surface area is 190 Å². The van der Waals surface area contributed by atoms with Crippen molar-refractivity contribution in [1.82, 2.24) is 0 Å². The summed E-state index contributed by atoms with van der Waals surface area (Å²) in [5, 5.41) is 9.45. The molecule has 0 saturated heterocycles. The predicted octanol–water partition coefficient (Wildman–Crippen LogP) is 7.39. The van der Waals surface area contributed by atoms with Gasteiger partial charge in [-0.15, -0.1) is 0 Å². The normalized spacial score (nSPS) is 13.9. The van der Waals surface area contributed by atoms with Crippen LogP contribution in [0.2, 0.25) is 0 Å². The molecule has 6 heteroatoms. The van der Waals surface area contributed by atoms with Gasteiger partial charge in [-0.2, -0.15) is 13.2 Å². The summed E-state index contributed by atoms with van der Waals surface area (Å²) in [4.78, 5) is 11.5. The Morgan fingerprint density at radius 1 is 0.970 bits per heavy atom. The van der Waals surface area contributed by atoms with Crippen molar-refractivity contribution in [3.8, 4) is 5.75 Å². The maximum Gasteiger partial charge on any atom is 0.416 e. The smallest absolute Gasteiger partial charge is 0.416 e. The highest BCUT2D eigenvalue weighted by molar-refractivity contribution is 5.96. The maximum absolute atomic E-state index is 13.5. The lowest BCUT2D eigenvalue weighted by molar-refractivity contribution is -0.137. The second-order valence-corrected chi connectivity index (χ2v) is 8.19. The molecular formula is C27H23F3O3. The first-order chi connectivity index (χ1) is 15.7. The van der Waals surface area contributed by atoms with Gasteiger partial charge in [0, 0.05) is 5.56 Å². The molecule has 0 heterocycles. The Morgan fingerprint density at radius 2 is 1.70 bits per heavy atom. The van der Waals surface area contributed by atoms with E-state index in [0.717, 1.165) is 46.4 Å². The molecule has 0 aliphatic heterocycles. The highest BCUT2D eigenvalue weighted by atomic mass is 19.4. The quantitative estimate of drug-likeness (QED) is 0.424. The SMILES string of the molecule is Cc1cc(C(=O)O)cc(C2=C(c3cc(C(F)(F)F)ccc3OCc3ccccc3)CCC2)c1. The van der Waals surface area contributed by atoms with Crippen LogP contribution < -0.4 is 4.74 Å². The second kappa shape index (κ2) is 9.14. The van der Waals surface area contributed by atoms with Crippen LogP contribution in [0.1, 0.15) is 57.4 Å². The molecule has 3 aromatic carbocycles. The van der Waals surface area contributed by atoms with E-state index in [4.69, 9.17) is 4.74 Å². The van der Waals surface area contributed by atoms with Gasteiger partial charge in [-0.3, -0.25) is 0 Å². The van der Waals surface area contributed by atoms with E-state index in [1.807, 2.05) is 43.3 Å². The average Bonchev–Trinajstić information content (AvgIpc) is 3.27. The summed E-state index contributed by atoms with van der Waals surface area (Å²) in [5.41, 5.74) is 3.89. The lowest BCUT2D eigenvalue weighted by atomic mass is 9.93. The van der Waals surface area contributed by atoms with Crippen molar-refractivity contribution < 1.29 is 27.8 Å². The first-order valence-corrected chi connectivity index (χ1v) is 10.7. The van der Waals surface area contributed by atoms with Crippen LogP contribution in [0, 0.1) is 6.92 Å². The van der Waals surface area contributed by atoms with Crippen LogP contribution in [0.5, 0.6) is 5.75 Å². The number of allylic oxidation sites excluding steroid dienone is 2. The summed E-state index contributed by atoms with van der Waals surface area (Å²) in [6, 6.07) is 18.0. The van der Waals surface area contributed by atoms with E-state index in [1.165, 1.54) is 6.07 Å². The molecule has 0 spiro atoms. The molecule has 4 rings (SSSR count). The number of aromatic carboxylic acids is 1. The lowest BCUT2D eigenvalue weighted by Crippen LogP contribution is -2.07. The van der Waals surface area contributed by atoms with Crippen molar-refractivity contribution in [2.45, 2.75) is 39.0 Å². The number of hydrogen-bond donors (Lipinski definition) is 1. The fraction of sp³-hybridized carbons (Fsp3) is 0.222. The predicted molar refractivity (Wildman–Crippen MR) is 121 cm³/mol. The Hall–Kier alpha value is -3.54. The molecular weight excluding hydrogens is 429 g/mol. The highest BCUT2D eigenvalue weighted by Crippen LogP contribution is 2.45. The Balaban J connectivity index is 1.81. The molecule has 33 heavy (non-hydrogen) atoms. The molecule has 0 aromatic heterocycles. The van der Waals surface area contributed by atoms with Crippen molar-refractivity contribution in [3.05, 3.63) is 100 Å². The molecule has 1 aliphatic rings. The highest BCUT2D eigenvalue weighted by Gasteiger charge is 2.32. The van der Waals surface area contributed by atoms with Gasteiger partial charge in [-0.1, -0.05) is 36.4 Å². The third kappa shape index (κ3) is 5.11. The molecule has 0 bridgehead atoms. The summed E-state index contributed by atoms with van der Waals surface area (Å²) in [5.74, 6) is -0.654. The third-order valence-corrected chi connectivity index (χ3v) is 5.76. The molecule has 0 atom stereocenters. The Kier molecular flexibility index (Phi) is 6.27. The van der Waals surface area contributed by atoms with Gasteiger partial charge in [0.15, 0.2) is 0 Å². The fourth-order valence-corrected chi connectivity index (χ4v) is 4.24. The Morgan fingerprint density at radius 3 is 2.39 bits per heavy atom. The number of rotatable bonds is 6. The molecule has 170 valence electrons. The van der Waals surface area contributed by atoms with Gasteiger partial charge < -0.3 is 9.84 Å². The van der Waals surface area contributed by atoms with Crippen molar-refractivity contribution in [2.24, 2.45) is 0 Å². The molecule has 0 amide bonds. The number of halogens is 3. The zero-order valence-electron chi connectivity index (χ0n) is 18.1. The molecule has 3 aromatic rings. The minimum atomic E-state index is -4.48. The monoisotopic (exact) mass is 452 g/mol. The van der Waals surface area contributed by atoms with E-state index in [1.54, 1.807) is 12.1 Å². The first kappa shape index (κ1) is 22.6. The van der Waals surface area contributed by atoms with Gasteiger partial charge in [0.25, 0.3) is 0 Å². The molecule has 0 fully saturated rings. The molecule has 1 aliphatic carbocycles. The van der Waals surface area contributed by atoms with E-state index >= 15 is 0 Å². The number of hydrogen-bond acceptors (Lipinski definition) is 2. The topological polar surface area (TPSA) is 46.5 Å². The van der Waals surface area contributed by atoms with Crippen LogP contribution in [-0.2, 0) is 12.8 Å². The van der Waals surface area contributed by atoms with Crippen LogP contribution in [0.25, 0.3) is 11.1 Å². The molecule has 3 nitrogen and oxygen atoms in total. The van der Waals surface area contributed by atoms with Crippen molar-refractivity contribution in [3.63, 3.8) is 0 Å². The summed E-state index contributed by atoms with van der Waals surface area (Å²) in [6.45, 7) is 2.04. The molecule has 0 unspecified atom stereocenters. The lowest BCUT2D eigenvalue weighted by Gasteiger charge is -2.17. The van der Waals surface area contributed by atoms with Gasteiger partial charge in [-0.25, -0.2) is 4.79 Å². The molecule has 0 saturated carbocycles. The number of ether oxygens (including phenoxy) is 1. The maximum atomic E-state index is 13.5. The Bertz CT molecular complexity index is 1210. The van der Waals surface area contributed by atoms with Crippen LogP contribution >= 0.6 is 0 Å². The third-order valence-electron chi connectivity index (χ3n) is 5.76. The van der Waals surface area contributed by atoms with E-state index < -0.39 is 17.7 Å². The van der Waals surface area contributed by atoms with Crippen LogP contribution in [-0.4, -0.2) is 11.1 Å². The van der Waals surface area contributed by atoms with Gasteiger partial charge >= 0.3 is 12.1 Å². The largest absolute Gasteiger partial charge is 0.488 e. The number of carboxylic acid groups (broad SMARTS) is 1. The van der Waals surface area contributed by atoms with Crippen molar-refractivity contribution in [2.75, 3.05) is 0 Å². The zero-order chi connectivity index (χ0) is 23.6. The zero-order valence-corrected chi connectivity index (χ0v) is 18.1. The van der Waals surface area contributed by atoms with Crippen molar-refractivity contribution >= 4 is 17.1 Å². The number of carboxylic acids is 1. The fourth-order valence-electron chi connectivity index (χ4n) is 4.24. The van der Waals surface area contributed by atoms with E-state index in [0.29, 0.717) is 24.2 Å². The van der Waals surface area contributed by atoms with E-state index in [-0.39, 0.29) is 12.2 Å². The standard InChI is InChI=1S/C27H23F3O3/c1-17-12-19(14-20(13-17)26(31)32)22-8-5-9-23(22)24-15-21(27(28,29)30)10-11-25(24)33-16-18-6-3-2-4-7-18/h2-4,6-7,10-15H,5,8-9,16H2,1H3,(H,31,32). The average molecular weight is 452 g/mol. The minimum Gasteiger partial charge on any atom is -0.488 e. The summed E-state index contributed by atoms with van der Waals surface area (Å²) >= 11 is 0.